The van der Waals surface area contributed by atoms with Gasteiger partial charge >= 0.3 is 0 Å². The maximum atomic E-state index is 12.3. The molecule has 0 saturated carbocycles. The summed E-state index contributed by atoms with van der Waals surface area (Å²) in [7, 11) is 1.86. The van der Waals surface area contributed by atoms with Gasteiger partial charge in [-0.1, -0.05) is 25.3 Å². The molecule has 0 saturated heterocycles. The first-order chi connectivity index (χ1) is 11.5. The number of carbonyl (C=O) groups excluding carboxylic acids is 1. The van der Waals surface area contributed by atoms with Gasteiger partial charge in [0.25, 0.3) is 0 Å². The van der Waals surface area contributed by atoms with Crippen LogP contribution in [0.2, 0.25) is 0 Å². The molecule has 0 bridgehead atoms. The molecule has 1 N–H and O–H groups in total. The minimum atomic E-state index is -0.0304. The van der Waals surface area contributed by atoms with E-state index < -0.39 is 0 Å². The predicted molar refractivity (Wildman–Crippen MR) is 105 cm³/mol. The average Bonchev–Trinajstić information content (AvgIpc) is 2.60. The first-order valence-corrected chi connectivity index (χ1v) is 8.81. The summed E-state index contributed by atoms with van der Waals surface area (Å²) in [5, 5.41) is 0. The molecule has 1 rings (SSSR count). The van der Waals surface area contributed by atoms with Crippen molar-refractivity contribution in [3.8, 4) is 0 Å². The Morgan fingerprint density at radius 3 is 2.33 bits per heavy atom. The van der Waals surface area contributed by atoms with Crippen molar-refractivity contribution in [2.45, 2.75) is 18.7 Å². The monoisotopic (exact) mass is 342 g/mol. The maximum absolute atomic E-state index is 12.3. The summed E-state index contributed by atoms with van der Waals surface area (Å²) in [6, 6.07) is 7.51. The fourth-order valence-electron chi connectivity index (χ4n) is 2.16. The van der Waals surface area contributed by atoms with Gasteiger partial charge in [0.15, 0.2) is 5.78 Å². The smallest absolute Gasteiger partial charge is 0.185 e. The average molecular weight is 343 g/mol. The third-order valence-electron chi connectivity index (χ3n) is 3.52. The molecule has 0 aliphatic rings. The molecular weight excluding hydrogens is 316 g/mol. The lowest BCUT2D eigenvalue weighted by molar-refractivity contribution is 0.104. The Morgan fingerprint density at radius 1 is 1.21 bits per heavy atom. The highest BCUT2D eigenvalue weighted by Crippen LogP contribution is 2.15. The van der Waals surface area contributed by atoms with Crippen LogP contribution in [0.15, 0.2) is 77.9 Å². The van der Waals surface area contributed by atoms with Gasteiger partial charge in [0.2, 0.25) is 0 Å². The van der Waals surface area contributed by atoms with E-state index in [-0.39, 0.29) is 5.78 Å². The Morgan fingerprint density at radius 2 is 1.83 bits per heavy atom. The molecule has 0 unspecified atom stereocenters. The van der Waals surface area contributed by atoms with Crippen LogP contribution in [0.1, 0.15) is 24.2 Å². The van der Waals surface area contributed by atoms with Crippen molar-refractivity contribution in [2.24, 2.45) is 0 Å². The number of rotatable bonds is 10. The molecule has 3 nitrogen and oxygen atoms in total. The molecular formula is C20H26N2OS. The summed E-state index contributed by atoms with van der Waals surface area (Å²) in [4.78, 5) is 15.5. The van der Waals surface area contributed by atoms with Crippen LogP contribution in [0.25, 0.3) is 0 Å². The molecule has 0 radical (unpaired) electrons. The van der Waals surface area contributed by atoms with Crippen molar-refractivity contribution >= 4 is 17.7 Å². The molecule has 0 aromatic heterocycles. The van der Waals surface area contributed by atoms with E-state index in [4.69, 9.17) is 0 Å². The first-order valence-electron chi connectivity index (χ1n) is 7.99. The second kappa shape index (κ2) is 10.7. The highest BCUT2D eigenvalue weighted by molar-refractivity contribution is 7.97. The number of benzene rings is 1. The van der Waals surface area contributed by atoms with Crippen molar-refractivity contribution in [1.29, 1.82) is 0 Å². The summed E-state index contributed by atoms with van der Waals surface area (Å²) in [5.74, 6) is -0.0304. The van der Waals surface area contributed by atoms with Crippen LogP contribution in [0.4, 0.5) is 0 Å². The normalized spacial score (nSPS) is 11.5. The van der Waals surface area contributed by atoms with Gasteiger partial charge < -0.3 is 4.90 Å². The second-order valence-electron chi connectivity index (χ2n) is 5.04. The van der Waals surface area contributed by atoms with E-state index in [1.165, 1.54) is 11.9 Å². The number of hydrogen-bond acceptors (Lipinski definition) is 4. The Labute approximate surface area is 150 Å². The topological polar surface area (TPSA) is 32.3 Å². The van der Waals surface area contributed by atoms with E-state index in [0.29, 0.717) is 5.56 Å². The zero-order valence-electron chi connectivity index (χ0n) is 14.7. The fraction of sp³-hybridized carbons (Fsp3) is 0.250. The van der Waals surface area contributed by atoms with Gasteiger partial charge in [0, 0.05) is 29.2 Å². The van der Waals surface area contributed by atoms with Crippen LogP contribution < -0.4 is 4.72 Å². The number of likely N-dealkylation sites (N-methyl/N-ethyl adjacent to an activating group) is 1. The summed E-state index contributed by atoms with van der Waals surface area (Å²) in [6.45, 7) is 13.9. The van der Waals surface area contributed by atoms with Crippen LogP contribution in [-0.2, 0) is 0 Å². The lowest BCUT2D eigenvalue weighted by atomic mass is 10.1. The quantitative estimate of drug-likeness (QED) is 0.291. The molecule has 0 spiro atoms. The van der Waals surface area contributed by atoms with Crippen LogP contribution in [-0.4, -0.2) is 30.8 Å². The molecule has 0 fully saturated rings. The maximum Gasteiger partial charge on any atom is 0.185 e. The van der Waals surface area contributed by atoms with Crippen LogP contribution in [0.3, 0.4) is 0 Å². The van der Waals surface area contributed by atoms with Gasteiger partial charge in [0.05, 0.1) is 0 Å². The fourth-order valence-corrected chi connectivity index (χ4v) is 2.67. The zero-order valence-corrected chi connectivity index (χ0v) is 15.5. The van der Waals surface area contributed by atoms with Crippen molar-refractivity contribution in [3.63, 3.8) is 0 Å². The highest BCUT2D eigenvalue weighted by Gasteiger charge is 2.03. The van der Waals surface area contributed by atoms with Gasteiger partial charge in [-0.15, -0.1) is 0 Å². The number of nitrogens with one attached hydrogen (secondary N) is 1. The largest absolute Gasteiger partial charge is 0.373 e. The number of hydrogen-bond donors (Lipinski definition) is 1. The highest BCUT2D eigenvalue weighted by atomic mass is 32.2. The van der Waals surface area contributed by atoms with Crippen molar-refractivity contribution in [3.05, 3.63) is 78.6 Å². The summed E-state index contributed by atoms with van der Waals surface area (Å²) >= 11 is 1.52. The Bertz CT molecular complexity index is 626. The third kappa shape index (κ3) is 6.22. The minimum Gasteiger partial charge on any atom is -0.373 e. The van der Waals surface area contributed by atoms with E-state index in [2.05, 4.69) is 36.6 Å². The van der Waals surface area contributed by atoms with E-state index in [9.17, 15) is 4.79 Å². The van der Waals surface area contributed by atoms with E-state index >= 15 is 0 Å². The number of nitrogens with zero attached hydrogens (tertiary/aromatic N) is 1. The Hall–Kier alpha value is -2.04. The lowest BCUT2D eigenvalue weighted by Crippen LogP contribution is -2.20. The molecule has 24 heavy (non-hydrogen) atoms. The van der Waals surface area contributed by atoms with Crippen molar-refractivity contribution in [2.75, 3.05) is 20.1 Å². The molecule has 0 atom stereocenters. The van der Waals surface area contributed by atoms with Gasteiger partial charge in [0.1, 0.15) is 0 Å². The van der Waals surface area contributed by atoms with Crippen LogP contribution in [0.5, 0.6) is 0 Å². The summed E-state index contributed by atoms with van der Waals surface area (Å²) < 4.78 is 3.00. The Balaban J connectivity index is 2.82. The third-order valence-corrected chi connectivity index (χ3v) is 4.24. The molecule has 1 aromatic rings. The van der Waals surface area contributed by atoms with Crippen molar-refractivity contribution < 1.29 is 4.79 Å². The summed E-state index contributed by atoms with van der Waals surface area (Å²) in [5.41, 5.74) is 2.45. The molecule has 0 aliphatic carbocycles. The Kier molecular flexibility index (Phi) is 8.90. The molecule has 4 heteroatoms. The molecule has 1 aromatic carbocycles. The standard InChI is InChI=1S/C20H26N2OS/c1-6-17(15-16(4)22(7-2)8-3)9-14-20(23)18-10-12-19(13-11-18)24-21-5/h6,9-15,21H,1,4,7-8H2,2-3,5H3/b14-9+,17-15+. The SMILES string of the molecule is C=CC(/C=C/C(=O)c1ccc(SNC)cc1)=C\C(=C)N(CC)CC. The van der Waals surface area contributed by atoms with Gasteiger partial charge in [-0.2, -0.15) is 0 Å². The second-order valence-corrected chi connectivity index (χ2v) is 6.12. The molecule has 0 heterocycles. The molecule has 128 valence electrons. The summed E-state index contributed by atoms with van der Waals surface area (Å²) in [6.07, 6.45) is 7.02. The predicted octanol–water partition coefficient (Wildman–Crippen LogP) is 4.62. The van der Waals surface area contributed by atoms with Crippen LogP contribution >= 0.6 is 11.9 Å². The first kappa shape index (κ1) is 20.0. The van der Waals surface area contributed by atoms with Gasteiger partial charge in [-0.05, 0) is 74.8 Å². The zero-order chi connectivity index (χ0) is 17.9. The molecule has 0 amide bonds. The minimum absolute atomic E-state index is 0.0304. The van der Waals surface area contributed by atoms with Crippen molar-refractivity contribution in [1.82, 2.24) is 9.62 Å². The van der Waals surface area contributed by atoms with Gasteiger partial charge in [-0.3, -0.25) is 9.52 Å². The number of allylic oxidation sites excluding steroid dienone is 5. The van der Waals surface area contributed by atoms with E-state index in [1.807, 2.05) is 37.4 Å². The van der Waals surface area contributed by atoms with E-state index in [0.717, 1.165) is 29.3 Å². The molecule has 0 aliphatic heterocycles. The van der Waals surface area contributed by atoms with Crippen LogP contribution in [0, 0.1) is 0 Å². The lowest BCUT2D eigenvalue weighted by Gasteiger charge is -2.21. The van der Waals surface area contributed by atoms with E-state index in [1.54, 1.807) is 18.2 Å². The number of carbonyl (C=O) groups is 1. The number of ketones is 1. The van der Waals surface area contributed by atoms with Gasteiger partial charge in [-0.25, -0.2) is 0 Å².